The van der Waals surface area contributed by atoms with E-state index in [1.165, 1.54) is 0 Å². The molecule has 0 spiro atoms. The molecule has 9 heteroatoms. The first kappa shape index (κ1) is 18.7. The Bertz CT molecular complexity index is 705. The predicted molar refractivity (Wildman–Crippen MR) is 79.8 cm³/mol. The molecule has 134 valence electrons. The average Bonchev–Trinajstić information content (AvgIpc) is 2.49. The second-order valence-electron chi connectivity index (χ2n) is 6.28. The molecular weight excluding hydrogens is 347 g/mol. The van der Waals surface area contributed by atoms with E-state index >= 15 is 0 Å². The predicted octanol–water partition coefficient (Wildman–Crippen LogP) is 3.02. The number of hydrogen-bond acceptors (Lipinski definition) is 3. The number of alkyl halides is 3. The van der Waals surface area contributed by atoms with Crippen molar-refractivity contribution in [2.24, 2.45) is 5.41 Å². The molecule has 0 amide bonds. The molecule has 1 fully saturated rings. The maximum Gasteiger partial charge on any atom is 0.416 e. The number of benzene rings is 1. The second kappa shape index (κ2) is 6.36. The first-order valence-electron chi connectivity index (χ1n) is 7.37. The van der Waals surface area contributed by atoms with Gasteiger partial charge in [-0.25, -0.2) is 13.1 Å². The van der Waals surface area contributed by atoms with Gasteiger partial charge < -0.3 is 5.11 Å². The Morgan fingerprint density at radius 3 is 2.12 bits per heavy atom. The first-order chi connectivity index (χ1) is 10.9. The summed E-state index contributed by atoms with van der Waals surface area (Å²) in [6.45, 7) is 1.62. The summed E-state index contributed by atoms with van der Waals surface area (Å²) in [5.41, 5.74) is -1.78. The van der Waals surface area contributed by atoms with Crippen molar-refractivity contribution in [1.82, 2.24) is 4.72 Å². The fourth-order valence-electron chi connectivity index (χ4n) is 2.70. The number of carbonyl (C=O) groups is 1. The van der Waals surface area contributed by atoms with Gasteiger partial charge in [-0.1, -0.05) is 0 Å². The summed E-state index contributed by atoms with van der Waals surface area (Å²) in [6, 6.07) is 2.84. The van der Waals surface area contributed by atoms with Crippen LogP contribution in [-0.2, 0) is 21.0 Å². The Morgan fingerprint density at radius 2 is 1.71 bits per heavy atom. The van der Waals surface area contributed by atoms with Crippen molar-refractivity contribution in [2.45, 2.75) is 49.7 Å². The summed E-state index contributed by atoms with van der Waals surface area (Å²) < 4.78 is 64.5. The zero-order valence-corrected chi connectivity index (χ0v) is 13.7. The van der Waals surface area contributed by atoms with Crippen LogP contribution in [0.3, 0.4) is 0 Å². The highest BCUT2D eigenvalue weighted by molar-refractivity contribution is 7.89. The molecule has 0 atom stereocenters. The Hall–Kier alpha value is -1.61. The molecule has 2 rings (SSSR count). The van der Waals surface area contributed by atoms with Crippen molar-refractivity contribution in [3.63, 3.8) is 0 Å². The maximum atomic E-state index is 12.5. The minimum absolute atomic E-state index is 0.248. The standard InChI is InChI=1S/C15H18F3NO4S/c1-14(13(20)21)8-6-11(7-9-14)19-24(22,23)12-4-2-10(3-5-12)15(16,17)18/h2-5,11,19H,6-9H2,1H3,(H,20,21). The summed E-state index contributed by atoms with van der Waals surface area (Å²) in [5, 5.41) is 9.16. The lowest BCUT2D eigenvalue weighted by Gasteiger charge is -2.34. The summed E-state index contributed by atoms with van der Waals surface area (Å²) in [6.07, 6.45) is -3.13. The number of halogens is 3. The number of rotatable bonds is 4. The van der Waals surface area contributed by atoms with Crippen LogP contribution < -0.4 is 4.72 Å². The normalized spacial score (nSPS) is 25.4. The molecule has 5 nitrogen and oxygen atoms in total. The Labute approximate surface area is 137 Å². The van der Waals surface area contributed by atoms with E-state index < -0.39 is 39.2 Å². The van der Waals surface area contributed by atoms with Gasteiger partial charge in [0.1, 0.15) is 0 Å². The van der Waals surface area contributed by atoms with Gasteiger partial charge in [-0.2, -0.15) is 13.2 Å². The zero-order chi connectivity index (χ0) is 18.2. The summed E-state index contributed by atoms with van der Waals surface area (Å²) >= 11 is 0. The van der Waals surface area contributed by atoms with Crippen LogP contribution in [0.1, 0.15) is 38.2 Å². The number of carboxylic acids is 1. The highest BCUT2D eigenvalue weighted by Gasteiger charge is 2.38. The van der Waals surface area contributed by atoms with E-state index in [1.54, 1.807) is 6.92 Å². The lowest BCUT2D eigenvalue weighted by molar-refractivity contribution is -0.150. The quantitative estimate of drug-likeness (QED) is 0.859. The van der Waals surface area contributed by atoms with E-state index in [0.29, 0.717) is 25.7 Å². The molecule has 2 N–H and O–H groups in total. The Balaban J connectivity index is 2.06. The molecule has 0 bridgehead atoms. The molecule has 0 unspecified atom stereocenters. The molecule has 1 aromatic carbocycles. The summed E-state index contributed by atoms with van der Waals surface area (Å²) in [7, 11) is -3.94. The van der Waals surface area contributed by atoms with E-state index in [-0.39, 0.29) is 4.90 Å². The van der Waals surface area contributed by atoms with Crippen LogP contribution >= 0.6 is 0 Å². The average molecular weight is 365 g/mol. The third kappa shape index (κ3) is 4.07. The fraction of sp³-hybridized carbons (Fsp3) is 0.533. The van der Waals surface area contributed by atoms with Gasteiger partial charge in [0.25, 0.3) is 0 Å². The van der Waals surface area contributed by atoms with Crippen LogP contribution in [0.5, 0.6) is 0 Å². The smallest absolute Gasteiger partial charge is 0.416 e. The van der Waals surface area contributed by atoms with Gasteiger partial charge in [0.2, 0.25) is 10.0 Å². The van der Waals surface area contributed by atoms with Gasteiger partial charge >= 0.3 is 12.1 Å². The lowest BCUT2D eigenvalue weighted by Crippen LogP contribution is -2.42. The highest BCUT2D eigenvalue weighted by Crippen LogP contribution is 2.36. The lowest BCUT2D eigenvalue weighted by atomic mass is 9.74. The van der Waals surface area contributed by atoms with Crippen LogP contribution in [0.15, 0.2) is 29.2 Å². The molecule has 1 aliphatic carbocycles. The molecule has 0 aromatic heterocycles. The summed E-state index contributed by atoms with van der Waals surface area (Å²) in [5.74, 6) is -0.911. The van der Waals surface area contributed by atoms with Crippen LogP contribution in [-0.4, -0.2) is 25.5 Å². The van der Waals surface area contributed by atoms with E-state index in [2.05, 4.69) is 4.72 Å². The molecule has 0 saturated heterocycles. The molecule has 24 heavy (non-hydrogen) atoms. The van der Waals surface area contributed by atoms with Gasteiger partial charge in [0.05, 0.1) is 15.9 Å². The summed E-state index contributed by atoms with van der Waals surface area (Å²) in [4.78, 5) is 10.9. The van der Waals surface area contributed by atoms with Crippen molar-refractivity contribution in [2.75, 3.05) is 0 Å². The van der Waals surface area contributed by atoms with Crippen LogP contribution in [0, 0.1) is 5.41 Å². The van der Waals surface area contributed by atoms with Crippen molar-refractivity contribution < 1.29 is 31.5 Å². The van der Waals surface area contributed by atoms with Crippen LogP contribution in [0.2, 0.25) is 0 Å². The van der Waals surface area contributed by atoms with Gasteiger partial charge in [-0.05, 0) is 56.9 Å². The number of nitrogens with one attached hydrogen (secondary N) is 1. The number of carboxylic acid groups (broad SMARTS) is 1. The second-order valence-corrected chi connectivity index (χ2v) is 8.00. The van der Waals surface area contributed by atoms with E-state index in [1.807, 2.05) is 0 Å². The first-order valence-corrected chi connectivity index (χ1v) is 8.85. The van der Waals surface area contributed by atoms with Crippen molar-refractivity contribution >= 4 is 16.0 Å². The van der Waals surface area contributed by atoms with E-state index in [4.69, 9.17) is 5.11 Å². The third-order valence-corrected chi connectivity index (χ3v) is 5.96. The van der Waals surface area contributed by atoms with Gasteiger partial charge in [-0.15, -0.1) is 0 Å². The molecule has 0 radical (unpaired) electrons. The topological polar surface area (TPSA) is 83.5 Å². The maximum absolute atomic E-state index is 12.5. The van der Waals surface area contributed by atoms with Gasteiger partial charge in [0, 0.05) is 6.04 Å². The van der Waals surface area contributed by atoms with Crippen molar-refractivity contribution in [1.29, 1.82) is 0 Å². The monoisotopic (exact) mass is 365 g/mol. The largest absolute Gasteiger partial charge is 0.481 e. The fourth-order valence-corrected chi connectivity index (χ4v) is 4.00. The molecule has 0 heterocycles. The zero-order valence-electron chi connectivity index (χ0n) is 12.9. The van der Waals surface area contributed by atoms with Crippen molar-refractivity contribution in [3.05, 3.63) is 29.8 Å². The highest BCUT2D eigenvalue weighted by atomic mass is 32.2. The van der Waals surface area contributed by atoms with Crippen molar-refractivity contribution in [3.8, 4) is 0 Å². The molecule has 1 aliphatic rings. The Morgan fingerprint density at radius 1 is 1.21 bits per heavy atom. The van der Waals surface area contributed by atoms with E-state index in [0.717, 1.165) is 24.3 Å². The minimum atomic E-state index is -4.53. The van der Waals surface area contributed by atoms with E-state index in [9.17, 15) is 26.4 Å². The molecular formula is C15H18F3NO4S. The SMILES string of the molecule is CC1(C(=O)O)CCC(NS(=O)(=O)c2ccc(C(F)(F)F)cc2)CC1. The number of sulfonamides is 1. The minimum Gasteiger partial charge on any atom is -0.481 e. The number of aliphatic carboxylic acids is 1. The molecule has 0 aliphatic heterocycles. The third-order valence-electron chi connectivity index (χ3n) is 4.42. The number of hydrogen-bond donors (Lipinski definition) is 2. The van der Waals surface area contributed by atoms with Crippen LogP contribution in [0.4, 0.5) is 13.2 Å². The van der Waals surface area contributed by atoms with Gasteiger partial charge in [0.15, 0.2) is 0 Å². The molecule has 1 aromatic rings. The van der Waals surface area contributed by atoms with Crippen LogP contribution in [0.25, 0.3) is 0 Å². The van der Waals surface area contributed by atoms with Gasteiger partial charge in [-0.3, -0.25) is 4.79 Å². The Kier molecular flexibility index (Phi) is 4.96. The molecule has 1 saturated carbocycles.